The van der Waals surface area contributed by atoms with Crippen molar-refractivity contribution in [3.05, 3.63) is 6.54 Å². The van der Waals surface area contributed by atoms with E-state index in [1.54, 1.807) is 7.11 Å². The average Bonchev–Trinajstić information content (AvgIpc) is 2.14. The molecule has 0 bridgehead atoms. The second-order valence-corrected chi connectivity index (χ2v) is 1.18. The average molecular weight is 98.1 g/mol. The van der Waals surface area contributed by atoms with E-state index in [0.29, 0.717) is 12.3 Å². The summed E-state index contributed by atoms with van der Waals surface area (Å²) in [5.74, 6) is 0.694. The maximum Gasteiger partial charge on any atom is 0.208 e. The zero-order chi connectivity index (χ0) is 5.11. The summed E-state index contributed by atoms with van der Waals surface area (Å²) in [6, 6.07) is 0. The van der Waals surface area contributed by atoms with Gasteiger partial charge >= 0.3 is 0 Å². The number of methoxy groups -OCH3 is 1. The first-order valence-electron chi connectivity index (χ1n) is 2.02. The van der Waals surface area contributed by atoms with Crippen LogP contribution in [0.3, 0.4) is 0 Å². The lowest BCUT2D eigenvalue weighted by molar-refractivity contribution is 0.396. The molecule has 0 fully saturated rings. The van der Waals surface area contributed by atoms with Crippen molar-refractivity contribution < 1.29 is 4.74 Å². The van der Waals surface area contributed by atoms with Crippen LogP contribution in [0.25, 0.3) is 0 Å². The van der Waals surface area contributed by atoms with Gasteiger partial charge in [0.15, 0.2) is 0 Å². The van der Waals surface area contributed by atoms with E-state index in [4.69, 9.17) is 4.74 Å². The Bertz CT molecular complexity index is 89.7. The summed E-state index contributed by atoms with van der Waals surface area (Å²) in [6.45, 7) is 2.74. The van der Waals surface area contributed by atoms with E-state index >= 15 is 0 Å². The minimum Gasteiger partial charge on any atom is -0.483 e. The molecule has 2 radical (unpaired) electrons. The van der Waals surface area contributed by atoms with Crippen molar-refractivity contribution in [3.8, 4) is 0 Å². The summed E-state index contributed by atoms with van der Waals surface area (Å²) >= 11 is 0. The van der Waals surface area contributed by atoms with Crippen molar-refractivity contribution in [3.63, 3.8) is 0 Å². The van der Waals surface area contributed by atoms with Crippen LogP contribution in [-0.4, -0.2) is 13.0 Å². The van der Waals surface area contributed by atoms with Gasteiger partial charge in [-0.25, -0.2) is 0 Å². The lowest BCUT2D eigenvalue weighted by atomic mass is 10.5. The van der Waals surface area contributed by atoms with Gasteiger partial charge in [0, 0.05) is 0 Å². The Kier molecular flexibility index (Phi) is 1.15. The molecule has 1 rings (SSSR count). The monoisotopic (exact) mass is 98.0 g/mol. The summed E-state index contributed by atoms with van der Waals surface area (Å²) in [4.78, 5) is 0. The second kappa shape index (κ2) is 1.82. The second-order valence-electron chi connectivity index (χ2n) is 1.18. The summed E-state index contributed by atoms with van der Waals surface area (Å²) in [6.07, 6.45) is 0.677. The van der Waals surface area contributed by atoms with Crippen molar-refractivity contribution in [1.29, 1.82) is 0 Å². The third-order valence-corrected chi connectivity index (χ3v) is 0.735. The van der Waals surface area contributed by atoms with Crippen molar-refractivity contribution >= 4 is 5.90 Å². The van der Waals surface area contributed by atoms with Gasteiger partial charge in [0.25, 0.3) is 0 Å². The van der Waals surface area contributed by atoms with Crippen molar-refractivity contribution in [2.75, 3.05) is 7.11 Å². The van der Waals surface area contributed by atoms with Crippen LogP contribution in [0.2, 0.25) is 0 Å². The van der Waals surface area contributed by atoms with Crippen molar-refractivity contribution in [2.24, 2.45) is 5.10 Å². The zero-order valence-electron chi connectivity index (χ0n) is 4.06. The molecule has 0 atom stereocenters. The lowest BCUT2D eigenvalue weighted by Gasteiger charge is -1.89. The van der Waals surface area contributed by atoms with Gasteiger partial charge in [-0.1, -0.05) is 0 Å². The lowest BCUT2D eigenvalue weighted by Crippen LogP contribution is -1.93. The molecule has 0 amide bonds. The predicted octanol–water partition coefficient (Wildman–Crippen LogP) is -0.0216. The van der Waals surface area contributed by atoms with E-state index in [1.165, 1.54) is 0 Å². The summed E-state index contributed by atoms with van der Waals surface area (Å²) in [5.41, 5.74) is 2.54. The number of ether oxygens (including phenoxy) is 1. The standard InChI is InChI=1S/C4H6N2O/c1-7-4-2-3-5-6-4/h5H,2H2,1H3. The molecule has 3 heteroatoms. The maximum atomic E-state index is 4.74. The highest BCUT2D eigenvalue weighted by atomic mass is 16.5. The van der Waals surface area contributed by atoms with Gasteiger partial charge in [-0.05, 0) is 0 Å². The van der Waals surface area contributed by atoms with Gasteiger partial charge in [0.2, 0.25) is 5.90 Å². The minimum atomic E-state index is 0.677. The van der Waals surface area contributed by atoms with Crippen LogP contribution >= 0.6 is 0 Å². The fourth-order valence-electron chi connectivity index (χ4n) is 0.374. The summed E-state index contributed by atoms with van der Waals surface area (Å²) in [5, 5.41) is 3.69. The number of hydrogen-bond acceptors (Lipinski definition) is 3. The molecule has 0 aromatic carbocycles. The Balaban J connectivity index is 2.36. The maximum absolute atomic E-state index is 4.74. The summed E-state index contributed by atoms with van der Waals surface area (Å²) in [7, 11) is 1.59. The van der Waals surface area contributed by atoms with Gasteiger partial charge in [0.05, 0.1) is 13.5 Å². The van der Waals surface area contributed by atoms with Crippen molar-refractivity contribution in [1.82, 2.24) is 5.43 Å². The topological polar surface area (TPSA) is 33.6 Å². The third-order valence-electron chi connectivity index (χ3n) is 0.735. The van der Waals surface area contributed by atoms with Crippen LogP contribution in [0.4, 0.5) is 0 Å². The number of nitrogens with one attached hydrogen (secondary N) is 1. The number of hydrogen-bond donors (Lipinski definition) is 1. The van der Waals surface area contributed by atoms with E-state index in [0.717, 1.165) is 0 Å². The SMILES string of the molecule is COC1=NN[C]C1. The highest BCUT2D eigenvalue weighted by Gasteiger charge is 2.03. The number of hydrazone groups is 1. The van der Waals surface area contributed by atoms with Crippen LogP contribution in [0.1, 0.15) is 6.42 Å². The van der Waals surface area contributed by atoms with E-state index in [1.807, 2.05) is 0 Å². The zero-order valence-corrected chi connectivity index (χ0v) is 4.06. The van der Waals surface area contributed by atoms with Gasteiger partial charge < -0.3 is 4.74 Å². The Morgan fingerprint density at radius 1 is 2.00 bits per heavy atom. The number of nitrogens with zero attached hydrogens (tertiary/aromatic N) is 1. The van der Waals surface area contributed by atoms with Gasteiger partial charge in [-0.3, -0.25) is 5.43 Å². The Morgan fingerprint density at radius 3 is 3.14 bits per heavy atom. The third kappa shape index (κ3) is 0.824. The fourth-order valence-corrected chi connectivity index (χ4v) is 0.374. The van der Waals surface area contributed by atoms with Crippen LogP contribution in [0.5, 0.6) is 0 Å². The highest BCUT2D eigenvalue weighted by molar-refractivity contribution is 5.78. The normalized spacial score (nSPS) is 18.1. The largest absolute Gasteiger partial charge is 0.483 e. The molecule has 1 aliphatic heterocycles. The van der Waals surface area contributed by atoms with Crippen LogP contribution in [0.15, 0.2) is 5.10 Å². The Labute approximate surface area is 42.4 Å². The van der Waals surface area contributed by atoms with E-state index in [9.17, 15) is 0 Å². The predicted molar refractivity (Wildman–Crippen MR) is 25.4 cm³/mol. The molecule has 0 unspecified atom stereocenters. The van der Waals surface area contributed by atoms with E-state index in [-0.39, 0.29) is 0 Å². The Morgan fingerprint density at radius 2 is 2.86 bits per heavy atom. The van der Waals surface area contributed by atoms with E-state index < -0.39 is 0 Å². The van der Waals surface area contributed by atoms with Gasteiger partial charge in [0.1, 0.15) is 6.54 Å². The van der Waals surface area contributed by atoms with Crippen LogP contribution in [-0.2, 0) is 4.74 Å². The molecule has 0 aliphatic carbocycles. The molecule has 1 aliphatic rings. The molecule has 0 saturated heterocycles. The molecule has 0 aromatic rings. The molecule has 7 heavy (non-hydrogen) atoms. The van der Waals surface area contributed by atoms with E-state index in [2.05, 4.69) is 17.1 Å². The molecule has 0 aromatic heterocycles. The number of rotatable bonds is 0. The summed E-state index contributed by atoms with van der Waals surface area (Å²) < 4.78 is 4.74. The molecule has 3 nitrogen and oxygen atoms in total. The van der Waals surface area contributed by atoms with Gasteiger partial charge in [-0.15, -0.1) is 5.10 Å². The highest BCUT2D eigenvalue weighted by Crippen LogP contribution is 1.95. The first-order valence-corrected chi connectivity index (χ1v) is 2.02. The quantitative estimate of drug-likeness (QED) is 0.462. The van der Waals surface area contributed by atoms with Crippen molar-refractivity contribution in [2.45, 2.75) is 6.42 Å². The molecule has 38 valence electrons. The molecule has 0 spiro atoms. The smallest absolute Gasteiger partial charge is 0.208 e. The van der Waals surface area contributed by atoms with Crippen LogP contribution < -0.4 is 5.43 Å². The fraction of sp³-hybridized carbons (Fsp3) is 0.500. The molecule has 0 saturated carbocycles. The molecular weight excluding hydrogens is 92.1 g/mol. The van der Waals surface area contributed by atoms with Gasteiger partial charge in [-0.2, -0.15) is 0 Å². The molecule has 1 heterocycles. The molecule has 1 N–H and O–H groups in total. The van der Waals surface area contributed by atoms with Crippen LogP contribution in [0, 0.1) is 6.54 Å². The first-order chi connectivity index (χ1) is 3.43. The Hall–Kier alpha value is -0.730. The molecular formula is C4H6N2O. The minimum absolute atomic E-state index is 0.677. The first kappa shape index (κ1) is 4.43.